The molecular weight excluding hydrogens is 496 g/mol. The van der Waals surface area contributed by atoms with Crippen molar-refractivity contribution in [2.75, 3.05) is 0 Å². The summed E-state index contributed by atoms with van der Waals surface area (Å²) in [6, 6.07) is 0. The van der Waals surface area contributed by atoms with Crippen molar-refractivity contribution in [1.29, 1.82) is 0 Å². The molecule has 0 bridgehead atoms. The molecule has 0 saturated heterocycles. The van der Waals surface area contributed by atoms with Gasteiger partial charge in [0.2, 0.25) is 0 Å². The Morgan fingerprint density at radius 3 is 1.54 bits per heavy atom. The summed E-state index contributed by atoms with van der Waals surface area (Å²) >= 11 is 0. The van der Waals surface area contributed by atoms with E-state index in [-0.39, 0.29) is 16.9 Å². The lowest BCUT2D eigenvalue weighted by Crippen LogP contribution is -2.28. The topological polar surface area (TPSA) is 20.2 Å². The van der Waals surface area contributed by atoms with Crippen molar-refractivity contribution >= 4 is 0 Å². The summed E-state index contributed by atoms with van der Waals surface area (Å²) in [5.41, 5.74) is 10.9. The quantitative estimate of drug-likeness (QED) is 0.267. The van der Waals surface area contributed by atoms with Crippen LogP contribution in [0.1, 0.15) is 101 Å². The van der Waals surface area contributed by atoms with Crippen LogP contribution < -0.4 is 0 Å². The second kappa shape index (κ2) is 15.9. The number of rotatable bonds is 10. The average Bonchev–Trinajstić information content (AvgIpc) is 2.84. The minimum absolute atomic E-state index is 0.0128. The monoisotopic (exact) mass is 552 g/mol. The Balaban J connectivity index is 1.90. The lowest BCUT2D eigenvalue weighted by Gasteiger charge is -2.35. The van der Waals surface area contributed by atoms with Gasteiger partial charge in [0.15, 0.2) is 0 Å². The minimum atomic E-state index is -0.220. The van der Waals surface area contributed by atoms with Crippen LogP contribution in [0.3, 0.4) is 0 Å². The molecule has 1 unspecified atom stereocenters. The molecule has 2 aliphatic carbocycles. The van der Waals surface area contributed by atoms with Gasteiger partial charge < -0.3 is 5.11 Å². The molecule has 0 aromatic heterocycles. The summed E-state index contributed by atoms with van der Waals surface area (Å²) in [7, 11) is 0. The highest BCUT2D eigenvalue weighted by molar-refractivity contribution is 5.39. The molecule has 0 spiro atoms. The van der Waals surface area contributed by atoms with Gasteiger partial charge in [0.1, 0.15) is 0 Å². The first-order valence-corrected chi connectivity index (χ1v) is 15.4. The Morgan fingerprint density at radius 2 is 1.07 bits per heavy atom. The van der Waals surface area contributed by atoms with Crippen LogP contribution >= 0.6 is 0 Å². The van der Waals surface area contributed by atoms with E-state index in [9.17, 15) is 5.11 Å². The van der Waals surface area contributed by atoms with Crippen molar-refractivity contribution in [3.63, 3.8) is 0 Å². The SMILES string of the molecule is CC1=C(/C=C/C(C)=C\C=C/C(C)=C/C=C/C=C(C)/C=C\C=C(C)/C=C/C2=C(C)CC(O)CC2(C)C)C(C)(C)CCC1. The fourth-order valence-electron chi connectivity index (χ4n) is 5.96. The van der Waals surface area contributed by atoms with Gasteiger partial charge in [0.25, 0.3) is 0 Å². The fraction of sp³-hybridized carbons (Fsp3) is 0.450. The smallest absolute Gasteiger partial charge is 0.0585 e. The van der Waals surface area contributed by atoms with Crippen molar-refractivity contribution in [3.05, 3.63) is 130 Å². The van der Waals surface area contributed by atoms with E-state index in [1.807, 2.05) is 0 Å². The molecule has 0 saturated carbocycles. The predicted octanol–water partition coefficient (Wildman–Crippen LogP) is 11.6. The normalized spacial score (nSPS) is 23.5. The number of hydrogen-bond acceptors (Lipinski definition) is 1. The van der Waals surface area contributed by atoms with Gasteiger partial charge in [-0.1, -0.05) is 146 Å². The van der Waals surface area contributed by atoms with Gasteiger partial charge in [-0.15, -0.1) is 0 Å². The molecule has 0 fully saturated rings. The summed E-state index contributed by atoms with van der Waals surface area (Å²) in [4.78, 5) is 0. The third-order valence-electron chi connectivity index (χ3n) is 8.31. The molecule has 0 aromatic carbocycles. The summed E-state index contributed by atoms with van der Waals surface area (Å²) in [5, 5.41) is 10.1. The summed E-state index contributed by atoms with van der Waals surface area (Å²) in [5.74, 6) is 0. The van der Waals surface area contributed by atoms with Crippen LogP contribution in [0.5, 0.6) is 0 Å². The molecule has 0 radical (unpaired) electrons. The molecule has 41 heavy (non-hydrogen) atoms. The molecule has 1 nitrogen and oxygen atoms in total. The minimum Gasteiger partial charge on any atom is -0.393 e. The number of hydrogen-bond donors (Lipinski definition) is 1. The Morgan fingerprint density at radius 1 is 0.634 bits per heavy atom. The third-order valence-corrected chi connectivity index (χ3v) is 8.31. The summed E-state index contributed by atoms with van der Waals surface area (Å²) in [6.45, 7) is 22.2. The molecule has 0 aromatic rings. The summed E-state index contributed by atoms with van der Waals surface area (Å²) < 4.78 is 0. The van der Waals surface area contributed by atoms with Crippen molar-refractivity contribution in [2.45, 2.75) is 107 Å². The standard InChI is InChI=1S/C40H56O/c1-30(18-13-20-32(3)23-25-37-34(5)22-15-27-39(37,7)8)16-11-12-17-31(2)19-14-21-33(4)24-26-38-35(6)28-36(41)29-40(38,9)10/h11-14,16-21,23-26,36,41H,15,22,27-29H2,1-10H3/b12-11+,18-13-,19-14-,25-23+,26-24+,30-16+,31-17+,32-20-,33-21-. The van der Waals surface area contributed by atoms with Gasteiger partial charge in [-0.3, -0.25) is 0 Å². The van der Waals surface area contributed by atoms with E-state index < -0.39 is 0 Å². The first kappa shape index (κ1) is 34.3. The molecule has 1 atom stereocenters. The highest BCUT2D eigenvalue weighted by atomic mass is 16.3. The van der Waals surface area contributed by atoms with E-state index in [4.69, 9.17) is 0 Å². The van der Waals surface area contributed by atoms with Crippen LogP contribution in [0.25, 0.3) is 0 Å². The predicted molar refractivity (Wildman–Crippen MR) is 183 cm³/mol. The van der Waals surface area contributed by atoms with Crippen LogP contribution in [-0.2, 0) is 0 Å². The molecule has 222 valence electrons. The highest BCUT2D eigenvalue weighted by Gasteiger charge is 2.31. The van der Waals surface area contributed by atoms with Crippen molar-refractivity contribution in [3.8, 4) is 0 Å². The maximum atomic E-state index is 10.1. The van der Waals surface area contributed by atoms with Gasteiger partial charge >= 0.3 is 0 Å². The zero-order valence-corrected chi connectivity index (χ0v) is 27.6. The number of allylic oxidation sites excluding steroid dienone is 21. The van der Waals surface area contributed by atoms with E-state index in [1.54, 1.807) is 5.57 Å². The second-order valence-electron chi connectivity index (χ2n) is 13.5. The Kier molecular flexibility index (Phi) is 13.3. The van der Waals surface area contributed by atoms with Gasteiger partial charge in [0.05, 0.1) is 6.10 Å². The van der Waals surface area contributed by atoms with Crippen LogP contribution in [0.15, 0.2) is 130 Å². The average molecular weight is 553 g/mol. The molecule has 0 heterocycles. The third kappa shape index (κ3) is 11.9. The van der Waals surface area contributed by atoms with Gasteiger partial charge in [-0.05, 0) is 95.6 Å². The molecule has 0 amide bonds. The van der Waals surface area contributed by atoms with E-state index in [0.29, 0.717) is 0 Å². The maximum Gasteiger partial charge on any atom is 0.0585 e. The van der Waals surface area contributed by atoms with Crippen molar-refractivity contribution in [2.24, 2.45) is 10.8 Å². The van der Waals surface area contributed by atoms with Crippen LogP contribution in [0.2, 0.25) is 0 Å². The van der Waals surface area contributed by atoms with E-state index >= 15 is 0 Å². The molecule has 1 heteroatoms. The molecule has 2 aliphatic rings. The van der Waals surface area contributed by atoms with E-state index in [0.717, 1.165) is 12.8 Å². The van der Waals surface area contributed by atoms with E-state index in [1.165, 1.54) is 58.3 Å². The molecular formula is C40H56O. The van der Waals surface area contributed by atoms with Gasteiger partial charge in [-0.25, -0.2) is 0 Å². The molecule has 0 aliphatic heterocycles. The largest absolute Gasteiger partial charge is 0.393 e. The molecule has 2 rings (SSSR count). The van der Waals surface area contributed by atoms with Crippen molar-refractivity contribution in [1.82, 2.24) is 0 Å². The van der Waals surface area contributed by atoms with Crippen LogP contribution in [-0.4, -0.2) is 11.2 Å². The summed E-state index contributed by atoms with van der Waals surface area (Å²) in [6.07, 6.45) is 35.5. The highest BCUT2D eigenvalue weighted by Crippen LogP contribution is 2.42. The first-order valence-electron chi connectivity index (χ1n) is 15.4. The Labute approximate surface area is 252 Å². The van der Waals surface area contributed by atoms with Gasteiger partial charge in [0, 0.05) is 0 Å². The lowest BCUT2D eigenvalue weighted by molar-refractivity contribution is 0.116. The fourth-order valence-corrected chi connectivity index (χ4v) is 5.96. The molecule has 1 N–H and O–H groups in total. The Hall–Kier alpha value is -2.90. The lowest BCUT2D eigenvalue weighted by atomic mass is 9.71. The first-order chi connectivity index (χ1) is 19.2. The van der Waals surface area contributed by atoms with Crippen LogP contribution in [0, 0.1) is 10.8 Å². The zero-order valence-electron chi connectivity index (χ0n) is 27.6. The zero-order chi connectivity index (χ0) is 30.6. The second-order valence-corrected chi connectivity index (χ2v) is 13.5. The van der Waals surface area contributed by atoms with E-state index in [2.05, 4.69) is 154 Å². The van der Waals surface area contributed by atoms with Gasteiger partial charge in [-0.2, -0.15) is 0 Å². The number of aliphatic hydroxyl groups is 1. The number of aliphatic hydroxyl groups excluding tert-OH is 1. The van der Waals surface area contributed by atoms with Crippen LogP contribution in [0.4, 0.5) is 0 Å². The van der Waals surface area contributed by atoms with Crippen molar-refractivity contribution < 1.29 is 5.11 Å². The maximum absolute atomic E-state index is 10.1. The Bertz CT molecular complexity index is 1250.